The fourth-order valence-electron chi connectivity index (χ4n) is 2.70. The fraction of sp³-hybridized carbons (Fsp3) is 0.500. The molecule has 0 radical (unpaired) electrons. The average molecular weight is 304 g/mol. The van der Waals surface area contributed by atoms with E-state index >= 15 is 0 Å². The van der Waals surface area contributed by atoms with Crippen LogP contribution in [0, 0.1) is 5.92 Å². The van der Waals surface area contributed by atoms with Crippen LogP contribution in [0.2, 0.25) is 0 Å². The predicted molar refractivity (Wildman–Crippen MR) is 80.8 cm³/mol. The Morgan fingerprint density at radius 1 is 1.32 bits per heavy atom. The Bertz CT molecular complexity index is 555. The summed E-state index contributed by atoms with van der Waals surface area (Å²) in [5.41, 5.74) is 0.657. The minimum Gasteiger partial charge on any atom is -0.491 e. The molecule has 2 heterocycles. The number of rotatable bonds is 4. The van der Waals surface area contributed by atoms with Gasteiger partial charge in [-0.2, -0.15) is 0 Å². The third-order valence-corrected chi connectivity index (χ3v) is 3.94. The second-order valence-corrected chi connectivity index (χ2v) is 5.58. The van der Waals surface area contributed by atoms with Gasteiger partial charge < -0.3 is 14.8 Å². The van der Waals surface area contributed by atoms with Gasteiger partial charge in [-0.1, -0.05) is 12.1 Å². The van der Waals surface area contributed by atoms with E-state index in [1.165, 1.54) is 4.90 Å². The number of fused-ring (bicyclic) bond motifs is 1. The summed E-state index contributed by atoms with van der Waals surface area (Å²) in [6, 6.07) is 7.31. The minimum atomic E-state index is -0.156. The lowest BCUT2D eigenvalue weighted by Gasteiger charge is -2.21. The number of nitrogens with one attached hydrogen (secondary N) is 1. The van der Waals surface area contributed by atoms with E-state index in [4.69, 9.17) is 9.47 Å². The minimum absolute atomic E-state index is 0.0206. The lowest BCUT2D eigenvalue weighted by Crippen LogP contribution is -2.42. The molecule has 1 N–H and O–H groups in total. The van der Waals surface area contributed by atoms with E-state index in [1.54, 1.807) is 6.07 Å². The standard InChI is InChI=1S/C16H20N2O4/c19-15(17-9-12-5-7-21-11-12)10-18-13-3-1-2-4-14(13)22-8-6-16(18)20/h1-4,12H,5-11H2,(H,17,19). The van der Waals surface area contributed by atoms with E-state index in [2.05, 4.69) is 5.32 Å². The largest absolute Gasteiger partial charge is 0.491 e. The van der Waals surface area contributed by atoms with Crippen molar-refractivity contribution < 1.29 is 19.1 Å². The van der Waals surface area contributed by atoms with Crippen molar-refractivity contribution in [2.24, 2.45) is 5.92 Å². The van der Waals surface area contributed by atoms with Gasteiger partial charge in [0.25, 0.3) is 0 Å². The van der Waals surface area contributed by atoms with Crippen LogP contribution in [0.25, 0.3) is 0 Å². The normalized spacial score (nSPS) is 21.0. The van der Waals surface area contributed by atoms with Gasteiger partial charge in [-0.25, -0.2) is 0 Å². The van der Waals surface area contributed by atoms with E-state index in [1.807, 2.05) is 18.2 Å². The number of carbonyl (C=O) groups is 2. The quantitative estimate of drug-likeness (QED) is 0.899. The number of para-hydroxylation sites is 2. The highest BCUT2D eigenvalue weighted by atomic mass is 16.5. The Hall–Kier alpha value is -2.08. The maximum atomic E-state index is 12.2. The fourth-order valence-corrected chi connectivity index (χ4v) is 2.70. The van der Waals surface area contributed by atoms with Gasteiger partial charge in [0.1, 0.15) is 12.3 Å². The molecular formula is C16H20N2O4. The summed E-state index contributed by atoms with van der Waals surface area (Å²) in [7, 11) is 0. The SMILES string of the molecule is O=C(CN1C(=O)CCOc2ccccc21)NCC1CCOC1. The second kappa shape index (κ2) is 6.79. The Morgan fingerprint density at radius 2 is 2.18 bits per heavy atom. The first-order valence-electron chi connectivity index (χ1n) is 7.60. The summed E-state index contributed by atoms with van der Waals surface area (Å²) in [5.74, 6) is 0.769. The number of hydrogen-bond acceptors (Lipinski definition) is 4. The Kier molecular flexibility index (Phi) is 4.58. The van der Waals surface area contributed by atoms with E-state index in [0.29, 0.717) is 37.1 Å². The monoisotopic (exact) mass is 304 g/mol. The summed E-state index contributed by atoms with van der Waals surface area (Å²) in [4.78, 5) is 25.9. The first kappa shape index (κ1) is 14.8. The lowest BCUT2D eigenvalue weighted by molar-refractivity contribution is -0.124. The molecule has 1 saturated heterocycles. The molecule has 1 aromatic carbocycles. The molecule has 22 heavy (non-hydrogen) atoms. The van der Waals surface area contributed by atoms with Crippen LogP contribution in [-0.4, -0.2) is 44.7 Å². The maximum Gasteiger partial charge on any atom is 0.240 e. The number of anilines is 1. The highest BCUT2D eigenvalue weighted by molar-refractivity contribution is 6.00. The van der Waals surface area contributed by atoms with Crippen LogP contribution in [-0.2, 0) is 14.3 Å². The predicted octanol–water partition coefficient (Wildman–Crippen LogP) is 0.955. The van der Waals surface area contributed by atoms with Crippen LogP contribution in [0.4, 0.5) is 5.69 Å². The van der Waals surface area contributed by atoms with Crippen LogP contribution in [0.15, 0.2) is 24.3 Å². The first-order chi connectivity index (χ1) is 10.7. The topological polar surface area (TPSA) is 67.9 Å². The molecule has 0 aliphatic carbocycles. The average Bonchev–Trinajstić information content (AvgIpc) is 2.99. The zero-order valence-corrected chi connectivity index (χ0v) is 12.4. The van der Waals surface area contributed by atoms with E-state index in [-0.39, 0.29) is 24.8 Å². The van der Waals surface area contributed by atoms with Gasteiger partial charge >= 0.3 is 0 Å². The van der Waals surface area contributed by atoms with Crippen molar-refractivity contribution in [3.63, 3.8) is 0 Å². The molecule has 2 aliphatic heterocycles. The molecule has 2 amide bonds. The second-order valence-electron chi connectivity index (χ2n) is 5.58. The number of carbonyl (C=O) groups excluding carboxylic acids is 2. The third kappa shape index (κ3) is 3.39. The molecule has 0 saturated carbocycles. The van der Waals surface area contributed by atoms with E-state index in [9.17, 15) is 9.59 Å². The Labute approximate surface area is 129 Å². The van der Waals surface area contributed by atoms with Crippen molar-refractivity contribution in [1.82, 2.24) is 5.32 Å². The molecule has 6 nitrogen and oxygen atoms in total. The summed E-state index contributed by atoms with van der Waals surface area (Å²) >= 11 is 0. The molecule has 3 rings (SSSR count). The van der Waals surface area contributed by atoms with Crippen molar-refractivity contribution in [2.75, 3.05) is 37.8 Å². The Morgan fingerprint density at radius 3 is 3.00 bits per heavy atom. The van der Waals surface area contributed by atoms with Gasteiger partial charge in [-0.15, -0.1) is 0 Å². The van der Waals surface area contributed by atoms with Crippen LogP contribution >= 0.6 is 0 Å². The van der Waals surface area contributed by atoms with Crippen LogP contribution in [0.1, 0.15) is 12.8 Å². The number of ether oxygens (including phenoxy) is 2. The van der Waals surface area contributed by atoms with Crippen molar-refractivity contribution in [1.29, 1.82) is 0 Å². The molecule has 0 bridgehead atoms. The molecule has 118 valence electrons. The number of benzene rings is 1. The van der Waals surface area contributed by atoms with Gasteiger partial charge in [-0.05, 0) is 18.6 Å². The molecule has 0 spiro atoms. The summed E-state index contributed by atoms with van der Waals surface area (Å²) in [6.45, 7) is 2.41. The molecule has 0 aromatic heterocycles. The van der Waals surface area contributed by atoms with Crippen molar-refractivity contribution in [3.05, 3.63) is 24.3 Å². The van der Waals surface area contributed by atoms with E-state index in [0.717, 1.165) is 13.0 Å². The zero-order chi connectivity index (χ0) is 15.4. The molecule has 1 atom stereocenters. The molecular weight excluding hydrogens is 284 g/mol. The van der Waals surface area contributed by atoms with E-state index < -0.39 is 0 Å². The molecule has 2 aliphatic rings. The third-order valence-electron chi connectivity index (χ3n) is 3.94. The van der Waals surface area contributed by atoms with Gasteiger partial charge in [0.15, 0.2) is 0 Å². The zero-order valence-electron chi connectivity index (χ0n) is 12.4. The first-order valence-corrected chi connectivity index (χ1v) is 7.60. The van der Waals surface area contributed by atoms with Gasteiger partial charge in [0.2, 0.25) is 11.8 Å². The van der Waals surface area contributed by atoms with Crippen molar-refractivity contribution in [2.45, 2.75) is 12.8 Å². The van der Waals surface area contributed by atoms with Gasteiger partial charge in [0, 0.05) is 19.1 Å². The molecule has 6 heteroatoms. The summed E-state index contributed by atoms with van der Waals surface area (Å²) < 4.78 is 10.8. The van der Waals surface area contributed by atoms with Crippen molar-refractivity contribution >= 4 is 17.5 Å². The van der Waals surface area contributed by atoms with Crippen LogP contribution < -0.4 is 15.0 Å². The number of amides is 2. The molecule has 1 unspecified atom stereocenters. The highest BCUT2D eigenvalue weighted by Gasteiger charge is 2.25. The van der Waals surface area contributed by atoms with Crippen molar-refractivity contribution in [3.8, 4) is 5.75 Å². The van der Waals surface area contributed by atoms with Crippen LogP contribution in [0.3, 0.4) is 0 Å². The highest BCUT2D eigenvalue weighted by Crippen LogP contribution is 2.30. The number of hydrogen-bond donors (Lipinski definition) is 1. The van der Waals surface area contributed by atoms with Gasteiger partial charge in [0.05, 0.1) is 25.3 Å². The smallest absolute Gasteiger partial charge is 0.240 e. The summed E-state index contributed by atoms with van der Waals surface area (Å²) in [5, 5.41) is 2.89. The van der Waals surface area contributed by atoms with Gasteiger partial charge in [-0.3, -0.25) is 14.5 Å². The molecule has 1 aromatic rings. The lowest BCUT2D eigenvalue weighted by atomic mass is 10.1. The molecule has 1 fully saturated rings. The van der Waals surface area contributed by atoms with Crippen LogP contribution in [0.5, 0.6) is 5.75 Å². The maximum absolute atomic E-state index is 12.2. The number of nitrogens with zero attached hydrogens (tertiary/aromatic N) is 1. The Balaban J connectivity index is 1.64. The summed E-state index contributed by atoms with van der Waals surface area (Å²) in [6.07, 6.45) is 1.25.